The maximum Gasteiger partial charge on any atom is 0.405 e. The van der Waals surface area contributed by atoms with Crippen LogP contribution in [0.4, 0.5) is 4.79 Å². The zero-order valence-corrected chi connectivity index (χ0v) is 23.1. The summed E-state index contributed by atoms with van der Waals surface area (Å²) in [5, 5.41) is 12.9. The van der Waals surface area contributed by atoms with Crippen LogP contribution >= 0.6 is 0 Å². The number of carbonyl (C=O) groups excluding carboxylic acids is 1. The van der Waals surface area contributed by atoms with Gasteiger partial charge in [-0.25, -0.2) is 4.79 Å². The van der Waals surface area contributed by atoms with Crippen molar-refractivity contribution in [2.45, 2.75) is 70.9 Å². The highest BCUT2D eigenvalue weighted by molar-refractivity contribution is 6.13. The van der Waals surface area contributed by atoms with E-state index in [0.717, 1.165) is 66.6 Å². The number of amides is 1. The van der Waals surface area contributed by atoms with Crippen LogP contribution in [-0.2, 0) is 19.4 Å². The Morgan fingerprint density at radius 2 is 1.79 bits per heavy atom. The molecule has 5 rings (SSSR count). The highest BCUT2D eigenvalue weighted by atomic mass is 16.4. The second-order valence-electron chi connectivity index (χ2n) is 11.8. The molecule has 39 heavy (non-hydrogen) atoms. The second-order valence-corrected chi connectivity index (χ2v) is 11.8. The lowest BCUT2D eigenvalue weighted by Gasteiger charge is -2.32. The van der Waals surface area contributed by atoms with Crippen molar-refractivity contribution < 1.29 is 14.7 Å². The standard InChI is InChI=1S/C33H39N3O3/c1-33(2,35-32(38)39)21-27-26-13-6-7-14-28(26)34-29-16-15-25(31(37)30(27)29)12-8-11-23-17-19-36(20-18-23)22-24-9-4-3-5-10-24/h3-7,9-10,12-14,23,35H,8,11,15-22H2,1-2H3,(H,38,39). The predicted octanol–water partition coefficient (Wildman–Crippen LogP) is 6.57. The molecule has 2 N–H and O–H groups in total. The number of likely N-dealkylation sites (tertiary alicyclic amines) is 1. The number of aryl methyl sites for hydroxylation is 1. The van der Waals surface area contributed by atoms with Crippen LogP contribution in [0.25, 0.3) is 10.9 Å². The summed E-state index contributed by atoms with van der Waals surface area (Å²) in [7, 11) is 0. The first kappa shape index (κ1) is 27.1. The molecule has 0 bridgehead atoms. The number of para-hydroxylation sites is 1. The Labute approximate surface area is 231 Å². The monoisotopic (exact) mass is 525 g/mol. The van der Waals surface area contributed by atoms with E-state index in [1.807, 2.05) is 38.1 Å². The van der Waals surface area contributed by atoms with E-state index in [4.69, 9.17) is 4.98 Å². The van der Waals surface area contributed by atoms with Crippen LogP contribution in [0.15, 0.2) is 66.2 Å². The van der Waals surface area contributed by atoms with Crippen LogP contribution in [0.5, 0.6) is 0 Å². The van der Waals surface area contributed by atoms with E-state index < -0.39 is 11.6 Å². The number of fused-ring (bicyclic) bond motifs is 2. The van der Waals surface area contributed by atoms with Crippen molar-refractivity contribution in [3.05, 3.63) is 88.6 Å². The molecular formula is C33H39N3O3. The van der Waals surface area contributed by atoms with Gasteiger partial charge in [-0.1, -0.05) is 54.6 Å². The summed E-state index contributed by atoms with van der Waals surface area (Å²) in [6.07, 6.45) is 7.41. The van der Waals surface area contributed by atoms with Crippen molar-refractivity contribution in [3.8, 4) is 0 Å². The van der Waals surface area contributed by atoms with E-state index in [0.29, 0.717) is 24.3 Å². The van der Waals surface area contributed by atoms with Gasteiger partial charge in [-0.3, -0.25) is 14.7 Å². The molecule has 0 atom stereocenters. The van der Waals surface area contributed by atoms with Crippen molar-refractivity contribution in [1.82, 2.24) is 15.2 Å². The zero-order chi connectivity index (χ0) is 27.4. The van der Waals surface area contributed by atoms with Gasteiger partial charge in [0.1, 0.15) is 0 Å². The fourth-order valence-electron chi connectivity index (χ4n) is 6.23. The quantitative estimate of drug-likeness (QED) is 0.325. The summed E-state index contributed by atoms with van der Waals surface area (Å²) >= 11 is 0. The fraction of sp³-hybridized carbons (Fsp3) is 0.424. The molecule has 6 heteroatoms. The maximum atomic E-state index is 13.8. The Balaban J connectivity index is 1.27. The minimum atomic E-state index is -1.06. The lowest BCUT2D eigenvalue weighted by Crippen LogP contribution is -2.44. The van der Waals surface area contributed by atoms with Crippen LogP contribution in [-0.4, -0.2) is 45.5 Å². The Kier molecular flexibility index (Phi) is 8.12. The molecule has 1 aliphatic heterocycles. The number of nitrogens with one attached hydrogen (secondary N) is 1. The first-order valence-electron chi connectivity index (χ1n) is 14.2. The number of nitrogens with zero attached hydrogens (tertiary/aromatic N) is 2. The number of allylic oxidation sites excluding steroid dienone is 2. The number of piperidine rings is 1. The van der Waals surface area contributed by atoms with Crippen molar-refractivity contribution in [3.63, 3.8) is 0 Å². The summed E-state index contributed by atoms with van der Waals surface area (Å²) in [6.45, 7) is 7.00. The molecule has 1 fully saturated rings. The number of aromatic nitrogens is 1. The van der Waals surface area contributed by atoms with Gasteiger partial charge in [-0.15, -0.1) is 0 Å². The summed E-state index contributed by atoms with van der Waals surface area (Å²) in [5.74, 6) is 0.761. The minimum Gasteiger partial charge on any atom is -0.465 e. The Morgan fingerprint density at radius 1 is 1.08 bits per heavy atom. The van der Waals surface area contributed by atoms with Gasteiger partial charge in [-0.2, -0.15) is 0 Å². The number of hydrogen-bond donors (Lipinski definition) is 2. The van der Waals surface area contributed by atoms with Gasteiger partial charge in [-0.05, 0) is 101 Å². The summed E-state index contributed by atoms with van der Waals surface area (Å²) in [5.41, 5.74) is 4.81. The van der Waals surface area contributed by atoms with Crippen molar-refractivity contribution in [2.75, 3.05) is 13.1 Å². The molecule has 6 nitrogen and oxygen atoms in total. The Bertz CT molecular complexity index is 1370. The molecule has 0 saturated carbocycles. The van der Waals surface area contributed by atoms with Crippen LogP contribution in [0, 0.1) is 5.92 Å². The largest absolute Gasteiger partial charge is 0.465 e. The first-order chi connectivity index (χ1) is 18.8. The molecule has 1 amide bonds. The highest BCUT2D eigenvalue weighted by Gasteiger charge is 2.31. The van der Waals surface area contributed by atoms with E-state index >= 15 is 0 Å². The molecule has 2 aliphatic rings. The third kappa shape index (κ3) is 6.56. The van der Waals surface area contributed by atoms with Gasteiger partial charge in [0.25, 0.3) is 0 Å². The number of Topliss-reactive ketones (excluding diaryl/α,β-unsaturated/α-hetero) is 1. The van der Waals surface area contributed by atoms with Gasteiger partial charge in [0.15, 0.2) is 5.78 Å². The lowest BCUT2D eigenvalue weighted by molar-refractivity contribution is 0.102. The number of rotatable bonds is 8. The summed E-state index contributed by atoms with van der Waals surface area (Å²) in [4.78, 5) is 32.7. The Hall–Kier alpha value is -3.51. The van der Waals surface area contributed by atoms with E-state index in [1.54, 1.807) is 0 Å². The van der Waals surface area contributed by atoms with Gasteiger partial charge in [0.05, 0.1) is 11.2 Å². The maximum absolute atomic E-state index is 13.8. The zero-order valence-electron chi connectivity index (χ0n) is 23.1. The smallest absolute Gasteiger partial charge is 0.405 e. The molecule has 3 aromatic rings. The molecule has 1 saturated heterocycles. The van der Waals surface area contributed by atoms with Gasteiger partial charge >= 0.3 is 6.09 Å². The normalized spacial score (nSPS) is 17.9. The van der Waals surface area contributed by atoms with E-state index in [1.165, 1.54) is 18.4 Å². The molecule has 1 aliphatic carbocycles. The molecule has 2 aromatic carbocycles. The lowest BCUT2D eigenvalue weighted by atomic mass is 9.81. The average molecular weight is 526 g/mol. The van der Waals surface area contributed by atoms with Crippen molar-refractivity contribution >= 4 is 22.8 Å². The summed E-state index contributed by atoms with van der Waals surface area (Å²) in [6, 6.07) is 18.5. The SMILES string of the molecule is CC(C)(Cc1c2c(nc3ccccc13)CCC(=CCCC1CCN(Cc3ccccc3)CC1)C2=O)NC(=O)O. The van der Waals surface area contributed by atoms with Crippen LogP contribution < -0.4 is 5.32 Å². The molecular weight excluding hydrogens is 486 g/mol. The summed E-state index contributed by atoms with van der Waals surface area (Å²) < 4.78 is 0. The molecule has 2 heterocycles. The first-order valence-corrected chi connectivity index (χ1v) is 14.2. The number of ketones is 1. The van der Waals surface area contributed by atoms with E-state index in [9.17, 15) is 14.7 Å². The third-order valence-electron chi connectivity index (χ3n) is 8.21. The van der Waals surface area contributed by atoms with Crippen molar-refractivity contribution in [1.29, 1.82) is 0 Å². The molecule has 0 spiro atoms. The highest BCUT2D eigenvalue weighted by Crippen LogP contribution is 2.34. The fourth-order valence-corrected chi connectivity index (χ4v) is 6.23. The van der Waals surface area contributed by atoms with Gasteiger partial charge in [0.2, 0.25) is 0 Å². The predicted molar refractivity (Wildman–Crippen MR) is 155 cm³/mol. The number of pyridine rings is 1. The second kappa shape index (κ2) is 11.7. The number of hydrogen-bond acceptors (Lipinski definition) is 4. The van der Waals surface area contributed by atoms with Crippen LogP contribution in [0.2, 0.25) is 0 Å². The Morgan fingerprint density at radius 3 is 2.54 bits per heavy atom. The topological polar surface area (TPSA) is 82.5 Å². The molecule has 204 valence electrons. The minimum absolute atomic E-state index is 0.0632. The van der Waals surface area contributed by atoms with Crippen LogP contribution in [0.1, 0.15) is 73.1 Å². The number of carbonyl (C=O) groups is 2. The van der Waals surface area contributed by atoms with Crippen molar-refractivity contribution in [2.24, 2.45) is 5.92 Å². The van der Waals surface area contributed by atoms with Crippen LogP contribution in [0.3, 0.4) is 0 Å². The van der Waals surface area contributed by atoms with Gasteiger partial charge < -0.3 is 10.4 Å². The van der Waals surface area contributed by atoms with E-state index in [2.05, 4.69) is 46.6 Å². The third-order valence-corrected chi connectivity index (χ3v) is 8.21. The number of benzene rings is 2. The van der Waals surface area contributed by atoms with Gasteiger partial charge in [0, 0.05) is 23.0 Å². The number of carboxylic acid groups (broad SMARTS) is 1. The average Bonchev–Trinajstić information content (AvgIpc) is 2.90. The molecule has 1 aromatic heterocycles. The van der Waals surface area contributed by atoms with E-state index in [-0.39, 0.29) is 5.78 Å². The molecule has 0 unspecified atom stereocenters. The molecule has 0 radical (unpaired) electrons.